The summed E-state index contributed by atoms with van der Waals surface area (Å²) in [5, 5.41) is 11.6. The molecule has 0 saturated carbocycles. The van der Waals surface area contributed by atoms with Gasteiger partial charge in [0.25, 0.3) is 0 Å². The molecule has 5 nitrogen and oxygen atoms in total. The molecule has 0 saturated heterocycles. The van der Waals surface area contributed by atoms with E-state index in [1.165, 1.54) is 0 Å². The highest BCUT2D eigenvalue weighted by Gasteiger charge is 1.99. The van der Waals surface area contributed by atoms with Crippen LogP contribution in [0.5, 0.6) is 0 Å². The van der Waals surface area contributed by atoms with E-state index >= 15 is 0 Å². The summed E-state index contributed by atoms with van der Waals surface area (Å²) in [6.07, 6.45) is 26.1. The summed E-state index contributed by atoms with van der Waals surface area (Å²) in [5.74, 6) is 0.473. The minimum Gasteiger partial charge on any atom is -0.505 e. The molecule has 0 aliphatic rings. The number of allylic oxidation sites excluding steroid dienone is 8. The molecule has 0 radical (unpaired) electrons. The van der Waals surface area contributed by atoms with E-state index in [2.05, 4.69) is 37.6 Å². The van der Waals surface area contributed by atoms with Gasteiger partial charge in [0.05, 0.1) is 26.6 Å². The van der Waals surface area contributed by atoms with Crippen molar-refractivity contribution in [1.82, 2.24) is 5.32 Å². The quantitative estimate of drug-likeness (QED) is 0.137. The van der Waals surface area contributed by atoms with Crippen molar-refractivity contribution in [1.29, 1.82) is 0 Å². The first-order chi connectivity index (χ1) is 20.9. The number of carbonyl (C=O) groups excluding carboxylic acids is 1. The molecule has 0 aromatic heterocycles. The van der Waals surface area contributed by atoms with Gasteiger partial charge >= 0.3 is 0 Å². The van der Waals surface area contributed by atoms with Gasteiger partial charge in [0.2, 0.25) is 0 Å². The zero-order valence-electron chi connectivity index (χ0n) is 32.0. The van der Waals surface area contributed by atoms with Crippen LogP contribution < -0.4 is 5.32 Å². The molecule has 0 aromatic rings. The SMILES string of the molecule is C/C=C/CC(CC)CO.C/C=C/NC.C/C=C\C.C/C=C\CCOC/C=C/OC.C=CC.C=CC.C=O.CC.CC.CC. The molecule has 0 aromatic carbocycles. The Morgan fingerprint density at radius 2 is 1.16 bits per heavy atom. The number of ether oxygens (including phenoxy) is 2. The van der Waals surface area contributed by atoms with E-state index < -0.39 is 0 Å². The second-order valence-corrected chi connectivity index (χ2v) is 6.57. The van der Waals surface area contributed by atoms with Gasteiger partial charge in [-0.3, -0.25) is 0 Å². The standard InChI is InChI=1S/C9H16O2.C8H16O.C4H9N.C4H8.2C3H6.3C2H6.CH2O/c1-3-4-5-8-11-9-6-7-10-2;1-3-5-6-8(4-2)7-9;1-3-4-5-2;1-3-4-2;2*1-3-2;4*1-2/h3-4,6-7H,5,8-9H2,1-2H3;3,5,8-9H,4,6-7H2,1-2H3;3-5H,1-2H3;3-4H,1-2H3;2*3H,1H2,2H3;3*1-2H3;1H2/b4-3-,7-6+;5-3+;4-3+;4-3-;;;;;;. The molecular formula is C38H81NO4. The van der Waals surface area contributed by atoms with Gasteiger partial charge in [0, 0.05) is 13.7 Å². The first kappa shape index (κ1) is 67.8. The maximum atomic E-state index is 8.72. The molecule has 262 valence electrons. The molecule has 43 heavy (non-hydrogen) atoms. The van der Waals surface area contributed by atoms with Gasteiger partial charge in [-0.15, -0.1) is 13.2 Å². The maximum absolute atomic E-state index is 8.72. The van der Waals surface area contributed by atoms with Gasteiger partial charge in [0.1, 0.15) is 6.79 Å². The van der Waals surface area contributed by atoms with Crippen LogP contribution in [0.2, 0.25) is 0 Å². The third-order valence-corrected chi connectivity index (χ3v) is 3.32. The average molecular weight is 616 g/mol. The lowest BCUT2D eigenvalue weighted by Gasteiger charge is -2.05. The Balaban J connectivity index is -0.0000000383. The van der Waals surface area contributed by atoms with E-state index in [4.69, 9.17) is 19.4 Å². The lowest BCUT2D eigenvalue weighted by molar-refractivity contribution is -0.0980. The summed E-state index contributed by atoms with van der Waals surface area (Å²) < 4.78 is 9.91. The molecule has 0 rings (SSSR count). The van der Waals surface area contributed by atoms with Crippen LogP contribution in [0.15, 0.2) is 86.4 Å². The highest BCUT2D eigenvalue weighted by Crippen LogP contribution is 2.06. The summed E-state index contributed by atoms with van der Waals surface area (Å²) >= 11 is 0. The zero-order chi connectivity index (χ0) is 36.4. The molecule has 1 atom stereocenters. The van der Waals surface area contributed by atoms with Crippen molar-refractivity contribution < 1.29 is 19.4 Å². The molecule has 5 heteroatoms. The zero-order valence-corrected chi connectivity index (χ0v) is 32.0. The van der Waals surface area contributed by atoms with E-state index in [1.54, 1.807) is 25.5 Å². The van der Waals surface area contributed by atoms with Crippen LogP contribution in [0.3, 0.4) is 0 Å². The van der Waals surface area contributed by atoms with Crippen molar-refractivity contribution in [3.8, 4) is 0 Å². The van der Waals surface area contributed by atoms with Crippen molar-refractivity contribution in [2.45, 2.75) is 116 Å². The van der Waals surface area contributed by atoms with E-state index in [1.807, 2.05) is 147 Å². The van der Waals surface area contributed by atoms with Gasteiger partial charge in [-0.25, -0.2) is 0 Å². The molecule has 2 N–H and O–H groups in total. The molecule has 0 spiro atoms. The van der Waals surface area contributed by atoms with Gasteiger partial charge in [-0.1, -0.05) is 110 Å². The molecular weight excluding hydrogens is 534 g/mol. The summed E-state index contributed by atoms with van der Waals surface area (Å²) in [4.78, 5) is 8.00. The number of aliphatic hydroxyl groups is 1. The largest absolute Gasteiger partial charge is 0.505 e. The van der Waals surface area contributed by atoms with Gasteiger partial charge in [-0.05, 0) is 79.5 Å². The Labute approximate surface area is 273 Å². The second kappa shape index (κ2) is 127. The molecule has 0 fully saturated rings. The topological polar surface area (TPSA) is 67.8 Å². The highest BCUT2D eigenvalue weighted by atomic mass is 16.5. The van der Waals surface area contributed by atoms with Crippen LogP contribution in [-0.4, -0.2) is 45.9 Å². The molecule has 0 aliphatic heterocycles. The van der Waals surface area contributed by atoms with Crippen LogP contribution in [0.25, 0.3) is 0 Å². The Morgan fingerprint density at radius 1 is 0.744 bits per heavy atom. The van der Waals surface area contributed by atoms with Crippen LogP contribution in [-0.2, 0) is 14.3 Å². The first-order valence-corrected chi connectivity index (χ1v) is 15.8. The number of carbonyl (C=O) groups is 1. The Hall–Kier alpha value is -2.63. The fourth-order valence-electron chi connectivity index (χ4n) is 1.47. The fraction of sp³-hybridized carbons (Fsp3) is 0.605. The predicted molar refractivity (Wildman–Crippen MR) is 204 cm³/mol. The van der Waals surface area contributed by atoms with Crippen LogP contribution in [0, 0.1) is 5.92 Å². The third-order valence-electron chi connectivity index (χ3n) is 3.32. The first-order valence-electron chi connectivity index (χ1n) is 15.8. The lowest BCUT2D eigenvalue weighted by atomic mass is 10.0. The molecule has 0 amide bonds. The summed E-state index contributed by atoms with van der Waals surface area (Å²) in [6.45, 7) is 38.3. The summed E-state index contributed by atoms with van der Waals surface area (Å²) in [6, 6.07) is 0. The summed E-state index contributed by atoms with van der Waals surface area (Å²) in [7, 11) is 3.50. The van der Waals surface area contributed by atoms with E-state index in [9.17, 15) is 0 Å². The normalized spacial score (nSPS) is 9.05. The Kier molecular flexibility index (Phi) is 200. The second-order valence-electron chi connectivity index (χ2n) is 6.57. The predicted octanol–water partition coefficient (Wildman–Crippen LogP) is 11.7. The monoisotopic (exact) mass is 616 g/mol. The van der Waals surface area contributed by atoms with Crippen molar-refractivity contribution in [2.75, 3.05) is 34.0 Å². The van der Waals surface area contributed by atoms with Gasteiger partial charge in [-0.2, -0.15) is 0 Å². The smallest absolute Gasteiger partial charge is 0.106 e. The maximum Gasteiger partial charge on any atom is 0.106 e. The van der Waals surface area contributed by atoms with Crippen LogP contribution >= 0.6 is 0 Å². The number of aliphatic hydroxyl groups excluding tert-OH is 1. The summed E-state index contributed by atoms with van der Waals surface area (Å²) in [5.41, 5.74) is 0. The average Bonchev–Trinajstić information content (AvgIpc) is 3.07. The molecule has 0 aliphatic carbocycles. The van der Waals surface area contributed by atoms with E-state index in [0.717, 1.165) is 25.9 Å². The van der Waals surface area contributed by atoms with Gasteiger partial charge < -0.3 is 24.7 Å². The van der Waals surface area contributed by atoms with Crippen molar-refractivity contribution >= 4 is 6.79 Å². The van der Waals surface area contributed by atoms with E-state index in [-0.39, 0.29) is 0 Å². The number of rotatable bonds is 11. The molecule has 0 heterocycles. The van der Waals surface area contributed by atoms with Gasteiger partial charge in [0.15, 0.2) is 0 Å². The van der Waals surface area contributed by atoms with Crippen molar-refractivity contribution in [3.63, 3.8) is 0 Å². The molecule has 1 unspecified atom stereocenters. The number of hydrogen-bond donors (Lipinski definition) is 2. The van der Waals surface area contributed by atoms with E-state index in [0.29, 0.717) is 19.1 Å². The minimum atomic E-state index is 0.320. The number of methoxy groups -OCH3 is 1. The van der Waals surface area contributed by atoms with Crippen LogP contribution in [0.1, 0.15) is 116 Å². The number of hydrogen-bond acceptors (Lipinski definition) is 5. The third kappa shape index (κ3) is 205. The molecule has 0 bridgehead atoms. The van der Waals surface area contributed by atoms with Crippen molar-refractivity contribution in [3.05, 3.63) is 86.4 Å². The highest BCUT2D eigenvalue weighted by molar-refractivity contribution is 5.11. The fourth-order valence-corrected chi connectivity index (χ4v) is 1.47. The van der Waals surface area contributed by atoms with Crippen molar-refractivity contribution in [2.24, 2.45) is 5.92 Å². The minimum absolute atomic E-state index is 0.320. The Bertz CT molecular complexity index is 468. The number of nitrogens with one attached hydrogen (secondary N) is 1. The Morgan fingerprint density at radius 3 is 1.40 bits per heavy atom. The lowest BCUT2D eigenvalue weighted by Crippen LogP contribution is -2.01. The van der Waals surface area contributed by atoms with Crippen LogP contribution in [0.4, 0.5) is 0 Å².